The summed E-state index contributed by atoms with van der Waals surface area (Å²) in [6.07, 6.45) is 4.20. The van der Waals surface area contributed by atoms with E-state index in [0.29, 0.717) is 18.4 Å². The zero-order chi connectivity index (χ0) is 18.3. The second kappa shape index (κ2) is 9.65. The smallest absolute Gasteiger partial charge is 0.260 e. The van der Waals surface area contributed by atoms with Crippen molar-refractivity contribution >= 4 is 5.91 Å². The van der Waals surface area contributed by atoms with Crippen LogP contribution in [0, 0.1) is 18.8 Å². The third kappa shape index (κ3) is 6.50. The molecule has 0 aliphatic rings. The molecule has 4 nitrogen and oxygen atoms in total. The second-order valence-corrected chi connectivity index (χ2v) is 7.74. The number of rotatable bonds is 9. The van der Waals surface area contributed by atoms with Gasteiger partial charge in [-0.3, -0.25) is 9.59 Å². The summed E-state index contributed by atoms with van der Waals surface area (Å²) in [5, 5.41) is 0. The van der Waals surface area contributed by atoms with Crippen LogP contribution in [0.5, 0.6) is 0 Å². The lowest BCUT2D eigenvalue weighted by Crippen LogP contribution is -2.42. The van der Waals surface area contributed by atoms with Crippen LogP contribution < -0.4 is 5.56 Å². The van der Waals surface area contributed by atoms with Crippen LogP contribution in [0.4, 0.5) is 0 Å². The number of aromatic nitrogens is 1. The Morgan fingerprint density at radius 3 is 2.21 bits per heavy atom. The van der Waals surface area contributed by atoms with Crippen LogP contribution in [0.15, 0.2) is 16.9 Å². The molecule has 0 spiro atoms. The van der Waals surface area contributed by atoms with E-state index in [1.807, 2.05) is 11.8 Å². The molecule has 1 N–H and O–H groups in total. The van der Waals surface area contributed by atoms with Gasteiger partial charge in [-0.2, -0.15) is 0 Å². The molecule has 0 aromatic carbocycles. The van der Waals surface area contributed by atoms with E-state index in [1.165, 1.54) is 6.42 Å². The average Bonchev–Trinajstić information content (AvgIpc) is 2.46. The van der Waals surface area contributed by atoms with Crippen LogP contribution in [0.25, 0.3) is 0 Å². The Balaban J connectivity index is 2.90. The fourth-order valence-corrected chi connectivity index (χ4v) is 2.79. The molecule has 0 aliphatic heterocycles. The molecular formula is C20H34N2O2. The van der Waals surface area contributed by atoms with Gasteiger partial charge in [-0.25, -0.2) is 0 Å². The topological polar surface area (TPSA) is 53.2 Å². The molecule has 1 aromatic rings. The number of carbonyl (C=O) groups is 1. The molecule has 0 saturated heterocycles. The minimum Gasteiger partial charge on any atom is -0.336 e. The van der Waals surface area contributed by atoms with Crippen molar-refractivity contribution in [3.63, 3.8) is 0 Å². The van der Waals surface area contributed by atoms with Gasteiger partial charge >= 0.3 is 0 Å². The van der Waals surface area contributed by atoms with Gasteiger partial charge in [0.1, 0.15) is 5.56 Å². The molecule has 4 heteroatoms. The summed E-state index contributed by atoms with van der Waals surface area (Å²) in [6, 6.07) is 3.59. The summed E-state index contributed by atoms with van der Waals surface area (Å²) >= 11 is 0. The van der Waals surface area contributed by atoms with Gasteiger partial charge in [-0.05, 0) is 50.7 Å². The quantitative estimate of drug-likeness (QED) is 0.728. The number of pyridine rings is 1. The molecule has 24 heavy (non-hydrogen) atoms. The number of aromatic amines is 1. The van der Waals surface area contributed by atoms with Gasteiger partial charge in [0.15, 0.2) is 0 Å². The van der Waals surface area contributed by atoms with E-state index >= 15 is 0 Å². The van der Waals surface area contributed by atoms with Crippen molar-refractivity contribution in [2.45, 2.75) is 73.3 Å². The number of hydrogen-bond donors (Lipinski definition) is 1. The van der Waals surface area contributed by atoms with E-state index < -0.39 is 0 Å². The van der Waals surface area contributed by atoms with Crippen LogP contribution in [-0.2, 0) is 0 Å². The van der Waals surface area contributed by atoms with Crippen molar-refractivity contribution in [3.8, 4) is 0 Å². The normalized spacial score (nSPS) is 12.7. The fourth-order valence-electron chi connectivity index (χ4n) is 2.79. The molecule has 0 fully saturated rings. The predicted molar refractivity (Wildman–Crippen MR) is 100 cm³/mol. The van der Waals surface area contributed by atoms with Gasteiger partial charge in [0.25, 0.3) is 11.5 Å². The number of nitrogens with one attached hydrogen (secondary N) is 1. The first-order chi connectivity index (χ1) is 11.2. The molecule has 1 amide bonds. The molecule has 136 valence electrons. The first kappa shape index (κ1) is 20.5. The number of H-pyrrole nitrogens is 1. The van der Waals surface area contributed by atoms with Gasteiger partial charge in [0, 0.05) is 18.3 Å². The number of aryl methyl sites for hydroxylation is 1. The van der Waals surface area contributed by atoms with Crippen LogP contribution in [-0.4, -0.2) is 28.4 Å². The Bertz CT molecular complexity index is 575. The molecule has 0 aliphatic carbocycles. The SMILES string of the molecule is Cc1ccc(C(=O)N(CCC(C)C)[C@H](C)CCCC(C)C)c(=O)[nH]1. The van der Waals surface area contributed by atoms with Crippen LogP contribution >= 0.6 is 0 Å². The number of hydrogen-bond acceptors (Lipinski definition) is 2. The van der Waals surface area contributed by atoms with Gasteiger partial charge in [-0.1, -0.05) is 40.5 Å². The van der Waals surface area contributed by atoms with Crippen molar-refractivity contribution < 1.29 is 4.79 Å². The van der Waals surface area contributed by atoms with Crippen LogP contribution in [0.3, 0.4) is 0 Å². The van der Waals surface area contributed by atoms with E-state index in [4.69, 9.17) is 0 Å². The largest absolute Gasteiger partial charge is 0.336 e. The van der Waals surface area contributed by atoms with E-state index in [1.54, 1.807) is 12.1 Å². The van der Waals surface area contributed by atoms with Crippen molar-refractivity contribution in [1.82, 2.24) is 9.88 Å². The minimum absolute atomic E-state index is 0.144. The summed E-state index contributed by atoms with van der Waals surface area (Å²) in [7, 11) is 0. The van der Waals surface area contributed by atoms with Crippen molar-refractivity contribution in [2.24, 2.45) is 11.8 Å². The predicted octanol–water partition coefficient (Wildman–Crippen LogP) is 4.39. The Hall–Kier alpha value is -1.58. The lowest BCUT2D eigenvalue weighted by Gasteiger charge is -2.30. The van der Waals surface area contributed by atoms with Crippen molar-refractivity contribution in [1.29, 1.82) is 0 Å². The summed E-state index contributed by atoms with van der Waals surface area (Å²) in [5.74, 6) is 1.06. The Kier molecular flexibility index (Phi) is 8.23. The average molecular weight is 335 g/mol. The molecule has 1 aromatic heterocycles. The second-order valence-electron chi connectivity index (χ2n) is 7.74. The molecule has 0 saturated carbocycles. The van der Waals surface area contributed by atoms with E-state index in [-0.39, 0.29) is 23.1 Å². The Morgan fingerprint density at radius 2 is 1.67 bits per heavy atom. The van der Waals surface area contributed by atoms with Crippen molar-refractivity contribution in [2.75, 3.05) is 6.54 Å². The van der Waals surface area contributed by atoms with Gasteiger partial charge in [0.05, 0.1) is 0 Å². The van der Waals surface area contributed by atoms with E-state index in [0.717, 1.165) is 25.0 Å². The highest BCUT2D eigenvalue weighted by Crippen LogP contribution is 2.16. The first-order valence-electron chi connectivity index (χ1n) is 9.23. The fraction of sp³-hybridized carbons (Fsp3) is 0.700. The highest BCUT2D eigenvalue weighted by atomic mass is 16.2. The zero-order valence-electron chi connectivity index (χ0n) is 16.2. The van der Waals surface area contributed by atoms with Gasteiger partial charge in [-0.15, -0.1) is 0 Å². The lowest BCUT2D eigenvalue weighted by molar-refractivity contribution is 0.0669. The summed E-state index contributed by atoms with van der Waals surface area (Å²) in [4.78, 5) is 29.7. The van der Waals surface area contributed by atoms with Gasteiger partial charge in [0.2, 0.25) is 0 Å². The number of carbonyl (C=O) groups excluding carboxylic acids is 1. The highest BCUT2D eigenvalue weighted by molar-refractivity contribution is 5.94. The molecule has 0 bridgehead atoms. The Labute approximate surface area is 146 Å². The molecule has 0 unspecified atom stereocenters. The maximum atomic E-state index is 12.9. The lowest BCUT2D eigenvalue weighted by atomic mass is 10.0. The maximum Gasteiger partial charge on any atom is 0.260 e. The van der Waals surface area contributed by atoms with E-state index in [2.05, 4.69) is 39.6 Å². The third-order valence-corrected chi connectivity index (χ3v) is 4.43. The summed E-state index contributed by atoms with van der Waals surface area (Å²) in [5.41, 5.74) is 0.735. The van der Waals surface area contributed by atoms with Gasteiger partial charge < -0.3 is 9.88 Å². The monoisotopic (exact) mass is 334 g/mol. The number of nitrogens with zero attached hydrogens (tertiary/aromatic N) is 1. The maximum absolute atomic E-state index is 12.9. The molecule has 1 rings (SSSR count). The van der Waals surface area contributed by atoms with E-state index in [9.17, 15) is 9.59 Å². The van der Waals surface area contributed by atoms with Crippen LogP contribution in [0.2, 0.25) is 0 Å². The molecule has 1 heterocycles. The summed E-state index contributed by atoms with van der Waals surface area (Å²) in [6.45, 7) is 13.4. The summed E-state index contributed by atoms with van der Waals surface area (Å²) < 4.78 is 0. The van der Waals surface area contributed by atoms with Crippen molar-refractivity contribution in [3.05, 3.63) is 33.7 Å². The minimum atomic E-state index is -0.288. The molecular weight excluding hydrogens is 300 g/mol. The highest BCUT2D eigenvalue weighted by Gasteiger charge is 2.23. The third-order valence-electron chi connectivity index (χ3n) is 4.43. The molecule has 0 radical (unpaired) electrons. The zero-order valence-corrected chi connectivity index (χ0v) is 16.2. The Morgan fingerprint density at radius 1 is 1.04 bits per heavy atom. The molecule has 1 atom stereocenters. The van der Waals surface area contributed by atoms with Crippen LogP contribution in [0.1, 0.15) is 76.4 Å². The number of amides is 1. The first-order valence-corrected chi connectivity index (χ1v) is 9.23. The standard InChI is InChI=1S/C20H34N2O2/c1-14(2)8-7-9-17(6)22(13-12-15(3)4)20(24)18-11-10-16(5)21-19(18)23/h10-11,14-15,17H,7-9,12-13H2,1-6H3,(H,21,23)/t17-/m1/s1.